The van der Waals surface area contributed by atoms with Gasteiger partial charge < -0.3 is 15.4 Å². The van der Waals surface area contributed by atoms with Gasteiger partial charge in [0, 0.05) is 25.4 Å². The second-order valence-electron chi connectivity index (χ2n) is 7.94. The zero-order valence-corrected chi connectivity index (χ0v) is 18.6. The van der Waals surface area contributed by atoms with Gasteiger partial charge in [-0.25, -0.2) is 0 Å². The van der Waals surface area contributed by atoms with Crippen LogP contribution < -0.4 is 10.6 Å². The molecule has 1 amide bonds. The van der Waals surface area contributed by atoms with E-state index in [4.69, 9.17) is 15.7 Å². The first kappa shape index (κ1) is 25.7. The third-order valence-corrected chi connectivity index (χ3v) is 3.95. The number of primary amides is 1. The largest absolute Gasteiger partial charge is 0.376 e. The van der Waals surface area contributed by atoms with Gasteiger partial charge >= 0.3 is 0 Å². The van der Waals surface area contributed by atoms with E-state index >= 15 is 0 Å². The quantitative estimate of drug-likeness (QED) is 0.514. The zero-order chi connectivity index (χ0) is 21.7. The van der Waals surface area contributed by atoms with Crippen LogP contribution in [0.4, 0.5) is 5.69 Å². The molecular weight excluding hydrogens is 350 g/mol. The Balaban J connectivity index is 0.000000621. The van der Waals surface area contributed by atoms with E-state index in [1.165, 1.54) is 6.08 Å². The number of nitrogens with zero attached hydrogens (tertiary/aromatic N) is 2. The topological polar surface area (TPSA) is 79.3 Å². The lowest BCUT2D eigenvalue weighted by atomic mass is 10.1. The van der Waals surface area contributed by atoms with Gasteiger partial charge in [0.1, 0.15) is 11.6 Å². The van der Waals surface area contributed by atoms with Crippen molar-refractivity contribution in [3.63, 3.8) is 0 Å². The van der Waals surface area contributed by atoms with Gasteiger partial charge in [0.25, 0.3) is 5.91 Å². The second kappa shape index (κ2) is 13.0. The molecule has 0 spiro atoms. The van der Waals surface area contributed by atoms with Crippen LogP contribution in [0, 0.1) is 17.2 Å². The molecule has 0 radical (unpaired) electrons. The number of ether oxygens (including phenoxy) is 1. The highest BCUT2D eigenvalue weighted by Crippen LogP contribution is 2.16. The molecule has 0 aromatic heterocycles. The van der Waals surface area contributed by atoms with Crippen molar-refractivity contribution in [3.05, 3.63) is 35.4 Å². The lowest BCUT2D eigenvalue weighted by Gasteiger charge is -2.20. The van der Waals surface area contributed by atoms with Crippen molar-refractivity contribution in [2.75, 3.05) is 24.6 Å². The smallest absolute Gasteiger partial charge is 0.259 e. The van der Waals surface area contributed by atoms with Crippen LogP contribution in [0.2, 0.25) is 0 Å². The monoisotopic (exact) mass is 387 g/mol. The summed E-state index contributed by atoms with van der Waals surface area (Å²) in [5, 5.41) is 8.75. The summed E-state index contributed by atoms with van der Waals surface area (Å²) >= 11 is 0. The summed E-state index contributed by atoms with van der Waals surface area (Å²) in [5.41, 5.74) is 6.99. The fourth-order valence-electron chi connectivity index (χ4n) is 2.30. The van der Waals surface area contributed by atoms with Crippen LogP contribution in [-0.2, 0) is 9.53 Å². The summed E-state index contributed by atoms with van der Waals surface area (Å²) in [4.78, 5) is 13.1. The highest BCUT2D eigenvalue weighted by atomic mass is 16.5. The Morgan fingerprint density at radius 2 is 1.75 bits per heavy atom. The summed E-state index contributed by atoms with van der Waals surface area (Å²) in [6.45, 7) is 17.7. The van der Waals surface area contributed by atoms with Gasteiger partial charge in [-0.2, -0.15) is 5.26 Å². The van der Waals surface area contributed by atoms with Gasteiger partial charge in [0.2, 0.25) is 0 Å². The zero-order valence-electron chi connectivity index (χ0n) is 18.6. The summed E-state index contributed by atoms with van der Waals surface area (Å²) < 4.78 is 5.54. The van der Waals surface area contributed by atoms with E-state index in [1.807, 2.05) is 24.3 Å². The number of hydrogen-bond acceptors (Lipinski definition) is 4. The van der Waals surface area contributed by atoms with Gasteiger partial charge in [0.15, 0.2) is 0 Å². The molecule has 0 saturated heterocycles. The van der Waals surface area contributed by atoms with Crippen molar-refractivity contribution in [1.29, 1.82) is 5.26 Å². The Morgan fingerprint density at radius 3 is 2.11 bits per heavy atom. The van der Waals surface area contributed by atoms with E-state index < -0.39 is 5.91 Å². The van der Waals surface area contributed by atoms with Crippen molar-refractivity contribution >= 4 is 17.7 Å². The predicted molar refractivity (Wildman–Crippen MR) is 118 cm³/mol. The normalized spacial score (nSPS) is 11.5. The minimum absolute atomic E-state index is 0.0365. The van der Waals surface area contributed by atoms with E-state index in [-0.39, 0.29) is 11.2 Å². The number of hydrogen-bond donors (Lipinski definition) is 1. The maximum absolute atomic E-state index is 10.9. The van der Waals surface area contributed by atoms with E-state index in [0.717, 1.165) is 43.3 Å². The van der Waals surface area contributed by atoms with Crippen LogP contribution in [0.1, 0.15) is 60.5 Å². The molecule has 0 unspecified atom stereocenters. The van der Waals surface area contributed by atoms with Crippen LogP contribution in [0.25, 0.3) is 6.08 Å². The number of carbonyl (C=O) groups excluding carboxylic acids is 1. The number of amides is 1. The molecule has 0 bridgehead atoms. The van der Waals surface area contributed by atoms with E-state index in [2.05, 4.69) is 53.4 Å². The molecule has 156 valence electrons. The van der Waals surface area contributed by atoms with E-state index in [0.29, 0.717) is 0 Å². The maximum Gasteiger partial charge on any atom is 0.259 e. The SMILES string of the molecule is CC(C)CCOC(C)(C)C.CCN(CC)c1ccc(/C=C(\C#N)C(N)=O)cc1. The molecule has 5 nitrogen and oxygen atoms in total. The number of nitriles is 1. The highest BCUT2D eigenvalue weighted by Gasteiger charge is 2.09. The Kier molecular flexibility index (Phi) is 11.9. The van der Waals surface area contributed by atoms with Crippen molar-refractivity contribution in [2.45, 2.75) is 60.5 Å². The summed E-state index contributed by atoms with van der Waals surface area (Å²) in [6.07, 6.45) is 2.66. The molecule has 5 heteroatoms. The average Bonchev–Trinajstić information content (AvgIpc) is 2.60. The van der Waals surface area contributed by atoms with Crippen molar-refractivity contribution in [1.82, 2.24) is 0 Å². The standard InChI is InChI=1S/C14H17N3O.C9H20O/c1-3-17(4-2)13-7-5-11(6-8-13)9-12(10-15)14(16)18;1-8(2)6-7-10-9(3,4)5/h5-9H,3-4H2,1-2H3,(H2,16,18);8H,6-7H2,1-5H3/b12-9+;. The molecule has 0 aliphatic rings. The van der Waals surface area contributed by atoms with Crippen LogP contribution >= 0.6 is 0 Å². The minimum Gasteiger partial charge on any atom is -0.376 e. The summed E-state index contributed by atoms with van der Waals surface area (Å²) in [7, 11) is 0. The summed E-state index contributed by atoms with van der Waals surface area (Å²) in [6, 6.07) is 9.46. The Labute approximate surface area is 171 Å². The molecule has 28 heavy (non-hydrogen) atoms. The maximum atomic E-state index is 10.9. The Morgan fingerprint density at radius 1 is 1.21 bits per heavy atom. The fraction of sp³-hybridized carbons (Fsp3) is 0.565. The molecular formula is C23H37N3O2. The fourth-order valence-corrected chi connectivity index (χ4v) is 2.30. The molecule has 0 aliphatic heterocycles. The molecule has 1 aromatic carbocycles. The average molecular weight is 388 g/mol. The first-order valence-electron chi connectivity index (χ1n) is 9.94. The van der Waals surface area contributed by atoms with Crippen LogP contribution in [-0.4, -0.2) is 31.2 Å². The van der Waals surface area contributed by atoms with E-state index in [1.54, 1.807) is 6.07 Å². The number of benzene rings is 1. The molecule has 0 heterocycles. The first-order valence-corrected chi connectivity index (χ1v) is 9.94. The molecule has 0 aliphatic carbocycles. The first-order chi connectivity index (χ1) is 13.0. The predicted octanol–water partition coefficient (Wildman–Crippen LogP) is 4.77. The van der Waals surface area contributed by atoms with Crippen molar-refractivity contribution in [3.8, 4) is 6.07 Å². The van der Waals surface area contributed by atoms with Gasteiger partial charge in [0.05, 0.1) is 5.60 Å². The van der Waals surface area contributed by atoms with Crippen LogP contribution in [0.5, 0.6) is 0 Å². The number of carbonyl (C=O) groups is 1. The third-order valence-electron chi connectivity index (χ3n) is 3.95. The number of rotatable bonds is 8. The lowest BCUT2D eigenvalue weighted by molar-refractivity contribution is -0.114. The molecule has 0 saturated carbocycles. The lowest BCUT2D eigenvalue weighted by Crippen LogP contribution is -2.21. The number of anilines is 1. The van der Waals surface area contributed by atoms with Gasteiger partial charge in [-0.15, -0.1) is 0 Å². The van der Waals surface area contributed by atoms with Crippen molar-refractivity contribution in [2.24, 2.45) is 11.7 Å². The number of nitrogens with two attached hydrogens (primary N) is 1. The van der Waals surface area contributed by atoms with Gasteiger partial charge in [-0.05, 0) is 70.7 Å². The molecule has 1 rings (SSSR count). The third kappa shape index (κ3) is 11.4. The van der Waals surface area contributed by atoms with Gasteiger partial charge in [-0.3, -0.25) is 4.79 Å². The van der Waals surface area contributed by atoms with Gasteiger partial charge in [-0.1, -0.05) is 26.0 Å². The highest BCUT2D eigenvalue weighted by molar-refractivity contribution is 6.00. The Hall–Kier alpha value is -2.32. The van der Waals surface area contributed by atoms with Crippen molar-refractivity contribution < 1.29 is 9.53 Å². The van der Waals surface area contributed by atoms with E-state index in [9.17, 15) is 4.79 Å². The van der Waals surface area contributed by atoms with Crippen LogP contribution in [0.15, 0.2) is 29.8 Å². The van der Waals surface area contributed by atoms with Crippen LogP contribution in [0.3, 0.4) is 0 Å². The summed E-state index contributed by atoms with van der Waals surface area (Å²) in [5.74, 6) is 0.0488. The second-order valence-corrected chi connectivity index (χ2v) is 7.94. The molecule has 0 fully saturated rings. The minimum atomic E-state index is -0.703. The molecule has 0 atom stereocenters. The molecule has 1 aromatic rings. The molecule has 2 N–H and O–H groups in total. The Bertz CT molecular complexity index is 646.